The molecule has 0 radical (unpaired) electrons. The van der Waals surface area contributed by atoms with Crippen LogP contribution in [-0.2, 0) is 19.9 Å². The molecule has 144 valence electrons. The Hall–Kier alpha value is -3.22. The lowest BCUT2D eigenvalue weighted by atomic mass is 9.50. The third-order valence-corrected chi connectivity index (χ3v) is 6.06. The van der Waals surface area contributed by atoms with E-state index in [-0.39, 0.29) is 23.7 Å². The van der Waals surface area contributed by atoms with Crippen molar-refractivity contribution < 1.29 is 19.2 Å². The number of amides is 1. The van der Waals surface area contributed by atoms with Gasteiger partial charge in [0, 0.05) is 28.9 Å². The number of nitrogens with one attached hydrogen (secondary N) is 1. The topological polar surface area (TPSA) is 98.5 Å². The first-order valence-corrected chi connectivity index (χ1v) is 9.06. The summed E-state index contributed by atoms with van der Waals surface area (Å²) in [5.74, 6) is -1.18. The molecule has 1 unspecified atom stereocenters. The molecule has 1 atom stereocenters. The summed E-state index contributed by atoms with van der Waals surface area (Å²) in [4.78, 5) is 37.0. The minimum atomic E-state index is -1.78. The monoisotopic (exact) mass is 380 g/mol. The number of hydrogen-bond donors (Lipinski definition) is 1. The summed E-state index contributed by atoms with van der Waals surface area (Å²) >= 11 is 0. The average molecular weight is 380 g/mol. The van der Waals surface area contributed by atoms with Crippen LogP contribution < -0.4 is 5.32 Å². The van der Waals surface area contributed by atoms with E-state index in [1.807, 2.05) is 24.3 Å². The Kier molecular flexibility index (Phi) is 3.99. The van der Waals surface area contributed by atoms with Gasteiger partial charge in [0.1, 0.15) is 5.54 Å². The van der Waals surface area contributed by atoms with Gasteiger partial charge in [-0.3, -0.25) is 19.7 Å². The summed E-state index contributed by atoms with van der Waals surface area (Å²) in [5, 5.41) is 15.6. The quantitative estimate of drug-likeness (QED) is 0.499. The van der Waals surface area contributed by atoms with Crippen LogP contribution in [0.25, 0.3) is 0 Å². The second-order valence-corrected chi connectivity index (χ2v) is 7.41. The van der Waals surface area contributed by atoms with Gasteiger partial charge in [-0.25, -0.2) is 0 Å². The van der Waals surface area contributed by atoms with Crippen molar-refractivity contribution in [2.24, 2.45) is 0 Å². The summed E-state index contributed by atoms with van der Waals surface area (Å²) in [7, 11) is 1.24. The molecule has 1 amide bonds. The number of ether oxygens (including phenoxy) is 1. The van der Waals surface area contributed by atoms with Crippen molar-refractivity contribution in [1.29, 1.82) is 0 Å². The summed E-state index contributed by atoms with van der Waals surface area (Å²) < 4.78 is 4.86. The van der Waals surface area contributed by atoms with E-state index in [1.54, 1.807) is 24.3 Å². The zero-order valence-electron chi connectivity index (χ0n) is 15.6. The second-order valence-electron chi connectivity index (χ2n) is 7.41. The number of benzene rings is 2. The Labute approximate surface area is 161 Å². The predicted octanol–water partition coefficient (Wildman–Crippen LogP) is 2.49. The number of carbonyl (C=O) groups is 2. The number of esters is 1. The normalized spacial score (nSPS) is 26.7. The van der Waals surface area contributed by atoms with E-state index < -0.39 is 23.0 Å². The molecule has 0 spiro atoms. The number of fused-ring (bicyclic) bond motifs is 1. The number of rotatable bonds is 4. The smallest absolute Gasteiger partial charge is 0.308 e. The summed E-state index contributed by atoms with van der Waals surface area (Å²) in [6.45, 7) is 1.31. The lowest BCUT2D eigenvalue weighted by Gasteiger charge is -2.54. The fraction of sp³-hybridized carbons (Fsp3) is 0.333. The number of methoxy groups -OCH3 is 1. The van der Waals surface area contributed by atoms with E-state index in [9.17, 15) is 19.7 Å². The lowest BCUT2D eigenvalue weighted by Crippen LogP contribution is -2.71. The SMILES string of the molecule is COC(=O)CC1(NC(C)=O)CC2c3ccccc3C1([N+](=O)[O-])c1ccccc12. The molecule has 7 nitrogen and oxygen atoms in total. The van der Waals surface area contributed by atoms with Crippen LogP contribution in [0.3, 0.4) is 0 Å². The van der Waals surface area contributed by atoms with Crippen LogP contribution in [0.2, 0.25) is 0 Å². The van der Waals surface area contributed by atoms with Crippen LogP contribution in [-0.4, -0.2) is 29.4 Å². The maximum Gasteiger partial charge on any atom is 0.308 e. The maximum atomic E-state index is 12.8. The summed E-state index contributed by atoms with van der Waals surface area (Å²) in [6, 6.07) is 14.5. The van der Waals surface area contributed by atoms with Gasteiger partial charge in [-0.1, -0.05) is 48.5 Å². The molecule has 0 saturated heterocycles. The Morgan fingerprint density at radius 1 is 1.14 bits per heavy atom. The van der Waals surface area contributed by atoms with Crippen molar-refractivity contribution in [2.45, 2.75) is 36.8 Å². The highest BCUT2D eigenvalue weighted by molar-refractivity contribution is 5.79. The highest BCUT2D eigenvalue weighted by atomic mass is 16.6. The number of hydrogen-bond acceptors (Lipinski definition) is 5. The van der Waals surface area contributed by atoms with Crippen LogP contribution in [0, 0.1) is 10.1 Å². The van der Waals surface area contributed by atoms with Crippen LogP contribution in [0.15, 0.2) is 48.5 Å². The summed E-state index contributed by atoms with van der Waals surface area (Å²) in [5.41, 5.74) is -0.440. The summed E-state index contributed by atoms with van der Waals surface area (Å²) in [6.07, 6.45) is -0.0418. The van der Waals surface area contributed by atoms with Gasteiger partial charge in [-0.05, 0) is 17.5 Å². The van der Waals surface area contributed by atoms with Gasteiger partial charge in [-0.15, -0.1) is 0 Å². The van der Waals surface area contributed by atoms with Gasteiger partial charge in [0.05, 0.1) is 13.5 Å². The minimum absolute atomic E-state index is 0.161. The minimum Gasteiger partial charge on any atom is -0.469 e. The maximum absolute atomic E-state index is 12.8. The molecule has 0 aromatic heterocycles. The molecule has 1 N–H and O–H groups in total. The van der Waals surface area contributed by atoms with Crippen LogP contribution >= 0.6 is 0 Å². The fourth-order valence-electron chi connectivity index (χ4n) is 5.22. The van der Waals surface area contributed by atoms with Gasteiger partial charge < -0.3 is 10.1 Å². The highest BCUT2D eigenvalue weighted by Gasteiger charge is 2.72. The van der Waals surface area contributed by atoms with Crippen molar-refractivity contribution >= 4 is 11.9 Å². The number of nitro groups is 1. The van der Waals surface area contributed by atoms with Crippen molar-refractivity contribution in [2.75, 3.05) is 7.11 Å². The molecule has 2 aromatic rings. The van der Waals surface area contributed by atoms with Crippen molar-refractivity contribution in [3.63, 3.8) is 0 Å². The van der Waals surface area contributed by atoms with E-state index in [0.29, 0.717) is 11.1 Å². The second kappa shape index (κ2) is 6.15. The van der Waals surface area contributed by atoms with Crippen LogP contribution in [0.4, 0.5) is 0 Å². The first kappa shape index (κ1) is 18.2. The van der Waals surface area contributed by atoms with Gasteiger partial charge in [0.15, 0.2) is 0 Å². The number of nitrogens with zero attached hydrogens (tertiary/aromatic N) is 1. The van der Waals surface area contributed by atoms with E-state index in [0.717, 1.165) is 11.1 Å². The molecule has 0 aliphatic heterocycles. The molecule has 28 heavy (non-hydrogen) atoms. The first-order chi connectivity index (χ1) is 13.4. The van der Waals surface area contributed by atoms with Crippen molar-refractivity contribution in [1.82, 2.24) is 5.32 Å². The third kappa shape index (κ3) is 2.16. The van der Waals surface area contributed by atoms with Crippen molar-refractivity contribution in [3.8, 4) is 0 Å². The molecule has 0 saturated carbocycles. The van der Waals surface area contributed by atoms with E-state index in [2.05, 4.69) is 5.32 Å². The molecular formula is C21H20N2O5. The molecule has 3 aliphatic carbocycles. The van der Waals surface area contributed by atoms with Gasteiger partial charge >= 0.3 is 5.97 Å². The number of carbonyl (C=O) groups excluding carboxylic acids is 2. The molecule has 5 rings (SSSR count). The lowest BCUT2D eigenvalue weighted by molar-refractivity contribution is -0.583. The first-order valence-electron chi connectivity index (χ1n) is 9.06. The van der Waals surface area contributed by atoms with Gasteiger partial charge in [0.25, 0.3) is 5.54 Å². The van der Waals surface area contributed by atoms with E-state index in [1.165, 1.54) is 14.0 Å². The molecule has 3 aliphatic rings. The molecule has 2 aromatic carbocycles. The molecule has 0 heterocycles. The Morgan fingerprint density at radius 3 is 2.14 bits per heavy atom. The molecular weight excluding hydrogens is 360 g/mol. The molecule has 2 bridgehead atoms. The zero-order valence-corrected chi connectivity index (χ0v) is 15.6. The largest absolute Gasteiger partial charge is 0.469 e. The Morgan fingerprint density at radius 2 is 1.68 bits per heavy atom. The Bertz CT molecular complexity index is 954. The Balaban J connectivity index is 2.12. The standard InChI is InChI=1S/C21H20N2O5/c1-13(24)22-20(12-19(25)28-2)11-16-14-7-3-5-9-17(14)21(20,23(26)27)18-10-6-4-8-15(16)18/h3-10,16H,11-12H2,1-2H3,(H,22,24). The zero-order chi connectivity index (χ0) is 20.1. The fourth-order valence-corrected chi connectivity index (χ4v) is 5.22. The molecule has 7 heteroatoms. The predicted molar refractivity (Wildman–Crippen MR) is 100 cm³/mol. The van der Waals surface area contributed by atoms with Crippen LogP contribution in [0.1, 0.15) is 47.9 Å². The van der Waals surface area contributed by atoms with Gasteiger partial charge in [-0.2, -0.15) is 0 Å². The van der Waals surface area contributed by atoms with E-state index in [4.69, 9.17) is 4.74 Å². The van der Waals surface area contributed by atoms with Gasteiger partial charge in [0.2, 0.25) is 5.91 Å². The highest BCUT2D eigenvalue weighted by Crippen LogP contribution is 2.61. The van der Waals surface area contributed by atoms with Crippen LogP contribution in [0.5, 0.6) is 0 Å². The average Bonchev–Trinajstić information content (AvgIpc) is 2.67. The van der Waals surface area contributed by atoms with E-state index >= 15 is 0 Å². The molecule has 0 fully saturated rings. The third-order valence-electron chi connectivity index (χ3n) is 6.06. The van der Waals surface area contributed by atoms with Crippen molar-refractivity contribution in [3.05, 3.63) is 80.9 Å².